The van der Waals surface area contributed by atoms with E-state index in [1.54, 1.807) is 6.07 Å². The van der Waals surface area contributed by atoms with Gasteiger partial charge in [0, 0.05) is 17.6 Å². The smallest absolute Gasteiger partial charge is 0.262 e. The number of nitrogens with one attached hydrogen (secondary N) is 2. The maximum absolute atomic E-state index is 13.8. The molecule has 2 N–H and O–H groups in total. The van der Waals surface area contributed by atoms with Gasteiger partial charge in [-0.1, -0.05) is 24.6 Å². The van der Waals surface area contributed by atoms with Gasteiger partial charge in [0.1, 0.15) is 5.82 Å². The van der Waals surface area contributed by atoms with Crippen molar-refractivity contribution < 1.29 is 17.6 Å². The van der Waals surface area contributed by atoms with E-state index >= 15 is 0 Å². The molecule has 3 rings (SSSR count). The minimum atomic E-state index is -4.03. The van der Waals surface area contributed by atoms with Crippen LogP contribution in [-0.2, 0) is 10.0 Å². The van der Waals surface area contributed by atoms with Gasteiger partial charge in [-0.2, -0.15) is 0 Å². The van der Waals surface area contributed by atoms with Gasteiger partial charge in [-0.25, -0.2) is 12.8 Å². The highest BCUT2D eigenvalue weighted by Crippen LogP contribution is 2.21. The number of rotatable bonds is 7. The van der Waals surface area contributed by atoms with Crippen molar-refractivity contribution in [3.8, 4) is 0 Å². The first-order valence-corrected chi connectivity index (χ1v) is 11.6. The summed E-state index contributed by atoms with van der Waals surface area (Å²) in [6, 6.07) is 11.3. The average molecular weight is 434 g/mol. The van der Waals surface area contributed by atoms with Gasteiger partial charge in [0.2, 0.25) is 0 Å². The molecular weight excluding hydrogens is 405 g/mol. The van der Waals surface area contributed by atoms with Crippen LogP contribution in [0.1, 0.15) is 43.5 Å². The summed E-state index contributed by atoms with van der Waals surface area (Å²) in [6.07, 6.45) is 3.56. The van der Waals surface area contributed by atoms with Gasteiger partial charge in [0.15, 0.2) is 0 Å². The highest BCUT2D eigenvalue weighted by Gasteiger charge is 2.28. The van der Waals surface area contributed by atoms with Crippen LogP contribution in [-0.4, -0.2) is 44.4 Å². The zero-order chi connectivity index (χ0) is 21.8. The first kappa shape index (κ1) is 22.2. The molecule has 1 aliphatic heterocycles. The minimum Gasteiger partial charge on any atom is -0.350 e. The molecule has 1 fully saturated rings. The topological polar surface area (TPSA) is 78.5 Å². The number of sulfonamides is 1. The molecule has 0 atom stereocenters. The SMILES string of the molecule is CC(C)(CNC(=O)c1cccc(S(=O)(=O)Nc2ccccc2F)c1)N1CCCCC1. The van der Waals surface area contributed by atoms with Crippen molar-refractivity contribution in [3.63, 3.8) is 0 Å². The Morgan fingerprint density at radius 1 is 1.07 bits per heavy atom. The summed E-state index contributed by atoms with van der Waals surface area (Å²) in [5.41, 5.74) is -0.0944. The predicted octanol–water partition coefficient (Wildman–Crippen LogP) is 3.62. The fourth-order valence-electron chi connectivity index (χ4n) is 3.56. The Balaban J connectivity index is 1.69. The standard InChI is InChI=1S/C22H28FN3O3S/c1-22(2,26-13-6-3-7-14-26)16-24-21(27)17-9-8-10-18(15-17)30(28,29)25-20-12-5-4-11-19(20)23/h4-5,8-12,15,25H,3,6-7,13-14,16H2,1-2H3,(H,24,27). The van der Waals surface area contributed by atoms with Crippen molar-refractivity contribution in [1.29, 1.82) is 0 Å². The Hall–Kier alpha value is -2.45. The number of halogens is 1. The molecule has 0 aromatic heterocycles. The van der Waals surface area contributed by atoms with Crippen molar-refractivity contribution in [1.82, 2.24) is 10.2 Å². The molecule has 0 spiro atoms. The summed E-state index contributed by atoms with van der Waals surface area (Å²) in [6.45, 7) is 6.67. The number of hydrogen-bond acceptors (Lipinski definition) is 4. The third-order valence-electron chi connectivity index (χ3n) is 5.42. The first-order valence-electron chi connectivity index (χ1n) is 10.1. The van der Waals surface area contributed by atoms with E-state index in [1.165, 1.54) is 48.9 Å². The van der Waals surface area contributed by atoms with Crippen LogP contribution in [0.15, 0.2) is 53.4 Å². The fraction of sp³-hybridized carbons (Fsp3) is 0.409. The Labute approximate surface area is 177 Å². The van der Waals surface area contributed by atoms with Crippen LogP contribution in [0, 0.1) is 5.82 Å². The third kappa shape index (κ3) is 5.37. The lowest BCUT2D eigenvalue weighted by molar-refractivity contribution is 0.0797. The van der Waals surface area contributed by atoms with Crippen molar-refractivity contribution in [2.24, 2.45) is 0 Å². The van der Waals surface area contributed by atoms with Gasteiger partial charge in [-0.15, -0.1) is 0 Å². The number of hydrogen-bond donors (Lipinski definition) is 2. The van der Waals surface area contributed by atoms with E-state index in [0.717, 1.165) is 25.9 Å². The largest absolute Gasteiger partial charge is 0.350 e. The van der Waals surface area contributed by atoms with Gasteiger partial charge < -0.3 is 5.32 Å². The lowest BCUT2D eigenvalue weighted by Gasteiger charge is -2.41. The number of carbonyl (C=O) groups excluding carboxylic acids is 1. The van der Waals surface area contributed by atoms with Crippen LogP contribution in [0.2, 0.25) is 0 Å². The second-order valence-corrected chi connectivity index (χ2v) is 9.84. The molecule has 8 heteroatoms. The minimum absolute atomic E-state index is 0.103. The summed E-state index contributed by atoms with van der Waals surface area (Å²) in [7, 11) is -4.03. The van der Waals surface area contributed by atoms with Crippen LogP contribution in [0.3, 0.4) is 0 Å². The monoisotopic (exact) mass is 433 g/mol. The molecule has 2 aromatic rings. The van der Waals surface area contributed by atoms with E-state index < -0.39 is 15.8 Å². The zero-order valence-corrected chi connectivity index (χ0v) is 18.1. The van der Waals surface area contributed by atoms with E-state index in [-0.39, 0.29) is 27.6 Å². The van der Waals surface area contributed by atoms with Crippen molar-refractivity contribution in [2.45, 2.75) is 43.5 Å². The number of benzene rings is 2. The summed E-state index contributed by atoms with van der Waals surface area (Å²) in [5.74, 6) is -1.02. The highest BCUT2D eigenvalue weighted by molar-refractivity contribution is 7.92. The normalized spacial score (nSPS) is 15.6. The Kier molecular flexibility index (Phi) is 6.77. The van der Waals surface area contributed by atoms with Gasteiger partial charge >= 0.3 is 0 Å². The van der Waals surface area contributed by atoms with Gasteiger partial charge in [-0.05, 0) is 70.1 Å². The van der Waals surface area contributed by atoms with Crippen LogP contribution in [0.4, 0.5) is 10.1 Å². The summed E-state index contributed by atoms with van der Waals surface area (Å²) < 4.78 is 41.3. The van der Waals surface area contributed by atoms with Crippen molar-refractivity contribution in [2.75, 3.05) is 24.4 Å². The second kappa shape index (κ2) is 9.14. The molecule has 30 heavy (non-hydrogen) atoms. The predicted molar refractivity (Wildman–Crippen MR) is 115 cm³/mol. The Morgan fingerprint density at radius 2 is 1.77 bits per heavy atom. The maximum Gasteiger partial charge on any atom is 0.262 e. The number of anilines is 1. The molecule has 1 amide bonds. The second-order valence-electron chi connectivity index (χ2n) is 8.16. The molecular formula is C22H28FN3O3S. The molecule has 0 saturated carbocycles. The number of para-hydroxylation sites is 1. The first-order chi connectivity index (χ1) is 14.2. The molecule has 0 radical (unpaired) electrons. The molecule has 162 valence electrons. The van der Waals surface area contributed by atoms with Gasteiger partial charge in [0.05, 0.1) is 10.6 Å². The molecule has 2 aromatic carbocycles. The molecule has 1 saturated heterocycles. The summed E-state index contributed by atoms with van der Waals surface area (Å²) >= 11 is 0. The molecule has 1 heterocycles. The average Bonchev–Trinajstić information content (AvgIpc) is 2.74. The number of amides is 1. The van der Waals surface area contributed by atoms with E-state index in [2.05, 4.69) is 28.8 Å². The van der Waals surface area contributed by atoms with E-state index in [9.17, 15) is 17.6 Å². The third-order valence-corrected chi connectivity index (χ3v) is 6.78. The maximum atomic E-state index is 13.8. The van der Waals surface area contributed by atoms with Crippen LogP contribution >= 0.6 is 0 Å². The molecule has 6 nitrogen and oxygen atoms in total. The van der Waals surface area contributed by atoms with Gasteiger partial charge in [0.25, 0.3) is 15.9 Å². The quantitative estimate of drug-likeness (QED) is 0.699. The number of piperidine rings is 1. The Morgan fingerprint density at radius 3 is 2.47 bits per heavy atom. The lowest BCUT2D eigenvalue weighted by Crippen LogP contribution is -2.53. The van der Waals surface area contributed by atoms with E-state index in [4.69, 9.17) is 0 Å². The van der Waals surface area contributed by atoms with Crippen LogP contribution in [0.25, 0.3) is 0 Å². The molecule has 0 aliphatic carbocycles. The Bertz CT molecular complexity index is 1000. The molecule has 0 unspecified atom stereocenters. The van der Waals surface area contributed by atoms with Crippen LogP contribution in [0.5, 0.6) is 0 Å². The molecule has 1 aliphatic rings. The number of nitrogens with zero attached hydrogens (tertiary/aromatic N) is 1. The van der Waals surface area contributed by atoms with Gasteiger partial charge in [-0.3, -0.25) is 14.4 Å². The number of carbonyl (C=O) groups is 1. The lowest BCUT2D eigenvalue weighted by atomic mass is 9.98. The highest BCUT2D eigenvalue weighted by atomic mass is 32.2. The summed E-state index contributed by atoms with van der Waals surface area (Å²) in [5, 5.41) is 2.92. The van der Waals surface area contributed by atoms with E-state index in [0.29, 0.717) is 6.54 Å². The zero-order valence-electron chi connectivity index (χ0n) is 17.3. The number of likely N-dealkylation sites (tertiary alicyclic amines) is 1. The molecule has 0 bridgehead atoms. The van der Waals surface area contributed by atoms with E-state index in [1.807, 2.05) is 0 Å². The van der Waals surface area contributed by atoms with Crippen molar-refractivity contribution >= 4 is 21.6 Å². The fourth-order valence-corrected chi connectivity index (χ4v) is 4.67. The summed E-state index contributed by atoms with van der Waals surface area (Å²) in [4.78, 5) is 14.9. The van der Waals surface area contributed by atoms with Crippen molar-refractivity contribution in [3.05, 3.63) is 59.9 Å². The van der Waals surface area contributed by atoms with Crippen LogP contribution < -0.4 is 10.0 Å².